The minimum Gasteiger partial charge on any atom is -0.478 e. The van der Waals surface area contributed by atoms with Gasteiger partial charge in [-0.15, -0.1) is 0 Å². The fraction of sp³-hybridized carbons (Fsp3) is 0.105. The van der Waals surface area contributed by atoms with Crippen LogP contribution in [0.3, 0.4) is 0 Å². The van der Waals surface area contributed by atoms with Crippen LogP contribution in [0.2, 0.25) is 0 Å². The van der Waals surface area contributed by atoms with E-state index in [9.17, 15) is 18.4 Å². The quantitative estimate of drug-likeness (QED) is 0.717. The molecule has 2 N–H and O–H groups in total. The number of rotatable bonds is 5. The maximum atomic E-state index is 13.7. The van der Waals surface area contributed by atoms with Gasteiger partial charge in [-0.3, -0.25) is 4.79 Å². The number of halogens is 2. The first-order valence-electron chi connectivity index (χ1n) is 7.86. The molecule has 0 radical (unpaired) electrons. The van der Waals surface area contributed by atoms with Gasteiger partial charge >= 0.3 is 5.97 Å². The molecule has 0 aliphatic heterocycles. The van der Waals surface area contributed by atoms with Crippen molar-refractivity contribution in [2.75, 3.05) is 0 Å². The van der Waals surface area contributed by atoms with Gasteiger partial charge in [0.25, 0.3) is 5.56 Å². The molecule has 0 bridgehead atoms. The van der Waals surface area contributed by atoms with Crippen molar-refractivity contribution in [2.24, 2.45) is 0 Å². The summed E-state index contributed by atoms with van der Waals surface area (Å²) in [5.41, 5.74) is 0.743. The van der Waals surface area contributed by atoms with Crippen molar-refractivity contribution in [3.63, 3.8) is 0 Å². The van der Waals surface area contributed by atoms with Crippen molar-refractivity contribution in [1.29, 1.82) is 0 Å². The second-order valence-electron chi connectivity index (χ2n) is 5.79. The van der Waals surface area contributed by atoms with Gasteiger partial charge in [0.15, 0.2) is 0 Å². The van der Waals surface area contributed by atoms with Crippen LogP contribution in [0.4, 0.5) is 8.78 Å². The molecular weight excluding hydrogens is 358 g/mol. The van der Waals surface area contributed by atoms with Crippen LogP contribution in [-0.2, 0) is 6.61 Å². The maximum absolute atomic E-state index is 13.7. The standard InChI is InChI=1S/C19H14F2N2O4/c1-10-2-3-11(19(25)26)6-14(10)18-22-16(24)8-17(23-18)27-9-12-4-5-13(20)7-15(12)21/h2-8H,9H2,1H3,(H,25,26)(H,22,23,24). The van der Waals surface area contributed by atoms with Crippen LogP contribution in [0.5, 0.6) is 5.88 Å². The number of aromatic nitrogens is 2. The highest BCUT2D eigenvalue weighted by atomic mass is 19.1. The zero-order valence-corrected chi connectivity index (χ0v) is 14.1. The summed E-state index contributed by atoms with van der Waals surface area (Å²) >= 11 is 0. The van der Waals surface area contributed by atoms with Crippen LogP contribution in [-0.4, -0.2) is 21.0 Å². The summed E-state index contributed by atoms with van der Waals surface area (Å²) in [6.45, 7) is 1.48. The van der Waals surface area contributed by atoms with Gasteiger partial charge < -0.3 is 14.8 Å². The first kappa shape index (κ1) is 18.2. The molecule has 1 aromatic heterocycles. The summed E-state index contributed by atoms with van der Waals surface area (Å²) in [5.74, 6) is -2.54. The van der Waals surface area contributed by atoms with E-state index in [-0.39, 0.29) is 29.4 Å². The number of carboxylic acid groups (broad SMARTS) is 1. The SMILES string of the molecule is Cc1ccc(C(=O)O)cc1-c1nc(OCc2ccc(F)cc2F)cc(=O)[nH]1. The average Bonchev–Trinajstić information content (AvgIpc) is 2.60. The minimum atomic E-state index is -1.11. The molecule has 8 heteroatoms. The van der Waals surface area contributed by atoms with E-state index >= 15 is 0 Å². The molecule has 3 aromatic rings. The van der Waals surface area contributed by atoms with Crippen LogP contribution >= 0.6 is 0 Å². The van der Waals surface area contributed by atoms with Crippen molar-refractivity contribution >= 4 is 5.97 Å². The number of nitrogens with one attached hydrogen (secondary N) is 1. The van der Waals surface area contributed by atoms with Crippen LogP contribution < -0.4 is 10.3 Å². The number of aromatic carboxylic acids is 1. The second-order valence-corrected chi connectivity index (χ2v) is 5.79. The van der Waals surface area contributed by atoms with E-state index in [0.717, 1.165) is 18.2 Å². The fourth-order valence-corrected chi connectivity index (χ4v) is 2.44. The number of hydrogen-bond acceptors (Lipinski definition) is 4. The summed E-state index contributed by atoms with van der Waals surface area (Å²) < 4.78 is 32.0. The number of H-pyrrole nitrogens is 1. The molecule has 138 valence electrons. The van der Waals surface area contributed by atoms with E-state index in [2.05, 4.69) is 9.97 Å². The molecule has 3 rings (SSSR count). The second kappa shape index (κ2) is 7.36. The van der Waals surface area contributed by atoms with E-state index in [1.54, 1.807) is 13.0 Å². The number of aryl methyl sites for hydroxylation is 1. The Kier molecular flexibility index (Phi) is 4.98. The number of carboxylic acids is 1. The highest BCUT2D eigenvalue weighted by molar-refractivity contribution is 5.89. The monoisotopic (exact) mass is 372 g/mol. The maximum Gasteiger partial charge on any atom is 0.335 e. The number of hydrogen-bond donors (Lipinski definition) is 2. The Labute approximate surface area is 152 Å². The van der Waals surface area contributed by atoms with Gasteiger partial charge in [-0.2, -0.15) is 4.98 Å². The highest BCUT2D eigenvalue weighted by Gasteiger charge is 2.12. The average molecular weight is 372 g/mol. The molecule has 0 unspecified atom stereocenters. The summed E-state index contributed by atoms with van der Waals surface area (Å²) in [7, 11) is 0. The Morgan fingerprint density at radius 1 is 1.19 bits per heavy atom. The number of aromatic amines is 1. The molecule has 0 fully saturated rings. The predicted octanol–water partition coefficient (Wildman–Crippen LogP) is 3.30. The Bertz CT molecular complexity index is 1080. The molecule has 2 aromatic carbocycles. The summed E-state index contributed by atoms with van der Waals surface area (Å²) in [5, 5.41) is 9.13. The van der Waals surface area contributed by atoms with E-state index in [0.29, 0.717) is 11.1 Å². The first-order valence-corrected chi connectivity index (χ1v) is 7.86. The molecule has 0 amide bonds. The van der Waals surface area contributed by atoms with Crippen LogP contribution in [0.25, 0.3) is 11.4 Å². The molecular formula is C19H14F2N2O4. The molecule has 0 saturated carbocycles. The zero-order valence-electron chi connectivity index (χ0n) is 14.1. The van der Waals surface area contributed by atoms with Gasteiger partial charge in [0.05, 0.1) is 11.6 Å². The lowest BCUT2D eigenvalue weighted by molar-refractivity contribution is 0.0697. The lowest BCUT2D eigenvalue weighted by Gasteiger charge is -2.10. The van der Waals surface area contributed by atoms with E-state index in [1.807, 2.05) is 0 Å². The Morgan fingerprint density at radius 3 is 2.67 bits per heavy atom. The molecule has 0 atom stereocenters. The van der Waals surface area contributed by atoms with Crippen molar-refractivity contribution in [1.82, 2.24) is 9.97 Å². The lowest BCUT2D eigenvalue weighted by atomic mass is 10.0. The van der Waals surface area contributed by atoms with E-state index in [1.165, 1.54) is 18.2 Å². The summed E-state index contributed by atoms with van der Waals surface area (Å²) in [4.78, 5) is 29.8. The molecule has 27 heavy (non-hydrogen) atoms. The van der Waals surface area contributed by atoms with Gasteiger partial charge in [0.2, 0.25) is 5.88 Å². The Morgan fingerprint density at radius 2 is 1.96 bits per heavy atom. The number of ether oxygens (including phenoxy) is 1. The fourth-order valence-electron chi connectivity index (χ4n) is 2.44. The van der Waals surface area contributed by atoms with Crippen molar-refractivity contribution < 1.29 is 23.4 Å². The lowest BCUT2D eigenvalue weighted by Crippen LogP contribution is -2.11. The van der Waals surface area contributed by atoms with Crippen molar-refractivity contribution in [2.45, 2.75) is 13.5 Å². The first-order chi connectivity index (χ1) is 12.8. The minimum absolute atomic E-state index is 0.0398. The third-order valence-corrected chi connectivity index (χ3v) is 3.85. The van der Waals surface area contributed by atoms with Gasteiger partial charge in [-0.25, -0.2) is 13.6 Å². The number of carbonyl (C=O) groups is 1. The third-order valence-electron chi connectivity index (χ3n) is 3.85. The van der Waals surface area contributed by atoms with Gasteiger partial charge in [-0.1, -0.05) is 6.07 Å². The predicted molar refractivity (Wildman–Crippen MR) is 92.7 cm³/mol. The third kappa shape index (κ3) is 4.17. The highest BCUT2D eigenvalue weighted by Crippen LogP contribution is 2.22. The zero-order chi connectivity index (χ0) is 19.6. The number of nitrogens with zero attached hydrogens (tertiary/aromatic N) is 1. The molecule has 0 spiro atoms. The Hall–Kier alpha value is -3.55. The van der Waals surface area contributed by atoms with Crippen LogP contribution in [0.15, 0.2) is 47.3 Å². The number of benzene rings is 2. The normalized spacial score (nSPS) is 10.6. The van der Waals surface area contributed by atoms with E-state index < -0.39 is 23.2 Å². The van der Waals surface area contributed by atoms with Gasteiger partial charge in [-0.05, 0) is 36.8 Å². The van der Waals surface area contributed by atoms with Gasteiger partial charge in [0.1, 0.15) is 24.1 Å². The molecule has 6 nitrogen and oxygen atoms in total. The molecule has 0 saturated heterocycles. The molecule has 0 aliphatic rings. The van der Waals surface area contributed by atoms with Crippen molar-refractivity contribution in [3.8, 4) is 17.3 Å². The largest absolute Gasteiger partial charge is 0.478 e. The smallest absolute Gasteiger partial charge is 0.335 e. The van der Waals surface area contributed by atoms with Gasteiger partial charge in [0, 0.05) is 17.2 Å². The topological polar surface area (TPSA) is 92.3 Å². The summed E-state index contributed by atoms with van der Waals surface area (Å²) in [6, 6.07) is 8.58. The summed E-state index contributed by atoms with van der Waals surface area (Å²) in [6.07, 6.45) is 0. The van der Waals surface area contributed by atoms with Crippen molar-refractivity contribution in [3.05, 3.63) is 81.1 Å². The van der Waals surface area contributed by atoms with Crippen LogP contribution in [0.1, 0.15) is 21.5 Å². The molecule has 1 heterocycles. The Balaban J connectivity index is 1.92. The van der Waals surface area contributed by atoms with Crippen LogP contribution in [0, 0.1) is 18.6 Å². The van der Waals surface area contributed by atoms with E-state index in [4.69, 9.17) is 9.84 Å². The molecule has 0 aliphatic carbocycles.